The third-order valence-corrected chi connectivity index (χ3v) is 2.01. The number of hydroxylamine groups is 1. The molecule has 1 unspecified atom stereocenters. The van der Waals surface area contributed by atoms with Crippen LogP contribution in [0.4, 0.5) is 0 Å². The third-order valence-electron chi connectivity index (χ3n) is 2.01. The van der Waals surface area contributed by atoms with Gasteiger partial charge in [0, 0.05) is 13.0 Å². The minimum absolute atomic E-state index is 0.194. The molecule has 4 heteroatoms. The second-order valence-electron chi connectivity index (χ2n) is 3.03. The molecule has 0 amide bonds. The summed E-state index contributed by atoms with van der Waals surface area (Å²) in [5, 5.41) is 3.24. The van der Waals surface area contributed by atoms with Crippen LogP contribution < -0.4 is 10.8 Å². The first kappa shape index (κ1) is 9.48. The first-order valence-electron chi connectivity index (χ1n) is 4.46. The molecule has 0 saturated carbocycles. The second kappa shape index (κ2) is 5.11. The zero-order valence-electron chi connectivity index (χ0n) is 7.43. The van der Waals surface area contributed by atoms with E-state index in [9.17, 15) is 4.79 Å². The van der Waals surface area contributed by atoms with Gasteiger partial charge in [-0.25, -0.2) is 0 Å². The van der Waals surface area contributed by atoms with Gasteiger partial charge in [-0.1, -0.05) is 6.92 Å². The Bertz CT molecular complexity index is 144. The predicted molar refractivity (Wildman–Crippen MR) is 45.4 cm³/mol. The summed E-state index contributed by atoms with van der Waals surface area (Å²) in [6.07, 6.45) is 1.59. The maximum atomic E-state index is 10.7. The van der Waals surface area contributed by atoms with E-state index >= 15 is 0 Å². The number of hydrogen-bond donors (Lipinski definition) is 2. The lowest BCUT2D eigenvalue weighted by Crippen LogP contribution is -2.27. The summed E-state index contributed by atoms with van der Waals surface area (Å²) in [5.41, 5.74) is 2.69. The Labute approximate surface area is 72.6 Å². The van der Waals surface area contributed by atoms with Gasteiger partial charge in [0.2, 0.25) is 0 Å². The summed E-state index contributed by atoms with van der Waals surface area (Å²) in [7, 11) is 0. The highest BCUT2D eigenvalue weighted by Gasteiger charge is 2.14. The second-order valence-corrected chi connectivity index (χ2v) is 3.03. The van der Waals surface area contributed by atoms with Crippen LogP contribution in [0.5, 0.6) is 0 Å². The van der Waals surface area contributed by atoms with E-state index in [1.54, 1.807) is 6.92 Å². The van der Waals surface area contributed by atoms with Gasteiger partial charge in [-0.05, 0) is 25.4 Å². The van der Waals surface area contributed by atoms with Gasteiger partial charge in [-0.2, -0.15) is 5.48 Å². The molecule has 12 heavy (non-hydrogen) atoms. The van der Waals surface area contributed by atoms with Gasteiger partial charge in [0.25, 0.3) is 0 Å². The Hall–Kier alpha value is -0.610. The molecular formula is C8H16N2O2. The summed E-state index contributed by atoms with van der Waals surface area (Å²) in [6, 6.07) is 0. The van der Waals surface area contributed by atoms with Gasteiger partial charge in [0.1, 0.15) is 0 Å². The van der Waals surface area contributed by atoms with Crippen LogP contribution in [0.3, 0.4) is 0 Å². The molecule has 0 radical (unpaired) electrons. The maximum absolute atomic E-state index is 10.7. The zero-order valence-corrected chi connectivity index (χ0v) is 7.43. The highest BCUT2D eigenvalue weighted by atomic mass is 16.7. The highest BCUT2D eigenvalue weighted by molar-refractivity contribution is 5.68. The van der Waals surface area contributed by atoms with Crippen molar-refractivity contribution in [2.45, 2.75) is 19.8 Å². The monoisotopic (exact) mass is 172 g/mol. The summed E-state index contributed by atoms with van der Waals surface area (Å²) >= 11 is 0. The average molecular weight is 172 g/mol. The molecule has 2 N–H and O–H groups in total. The van der Waals surface area contributed by atoms with E-state index in [1.807, 2.05) is 0 Å². The van der Waals surface area contributed by atoms with Crippen molar-refractivity contribution in [2.75, 3.05) is 19.6 Å². The fourth-order valence-corrected chi connectivity index (χ4v) is 1.20. The van der Waals surface area contributed by atoms with Gasteiger partial charge >= 0.3 is 5.97 Å². The van der Waals surface area contributed by atoms with Crippen LogP contribution in [0.25, 0.3) is 0 Å². The predicted octanol–water partition coefficient (Wildman–Crippen LogP) is 0.0537. The largest absolute Gasteiger partial charge is 0.371 e. The van der Waals surface area contributed by atoms with E-state index in [-0.39, 0.29) is 5.97 Å². The normalized spacial score (nSPS) is 22.6. The van der Waals surface area contributed by atoms with Gasteiger partial charge < -0.3 is 10.2 Å². The molecule has 0 bridgehead atoms. The maximum Gasteiger partial charge on any atom is 0.324 e. The van der Waals surface area contributed by atoms with Crippen LogP contribution in [0, 0.1) is 5.92 Å². The summed E-state index contributed by atoms with van der Waals surface area (Å²) < 4.78 is 0. The Morgan fingerprint density at radius 3 is 3.17 bits per heavy atom. The molecule has 0 aromatic rings. The lowest BCUT2D eigenvalue weighted by Gasteiger charge is -2.08. The molecule has 1 atom stereocenters. The topological polar surface area (TPSA) is 50.4 Å². The van der Waals surface area contributed by atoms with Crippen LogP contribution in [-0.2, 0) is 9.63 Å². The molecule has 1 aliphatic heterocycles. The first-order valence-corrected chi connectivity index (χ1v) is 4.46. The van der Waals surface area contributed by atoms with Crippen molar-refractivity contribution in [3.63, 3.8) is 0 Å². The molecule has 0 aliphatic carbocycles. The lowest BCUT2D eigenvalue weighted by atomic mass is 10.1. The van der Waals surface area contributed by atoms with Crippen molar-refractivity contribution in [1.82, 2.24) is 10.8 Å². The summed E-state index contributed by atoms with van der Waals surface area (Å²) in [4.78, 5) is 15.4. The molecular weight excluding hydrogens is 156 g/mol. The summed E-state index contributed by atoms with van der Waals surface area (Å²) in [5.74, 6) is 0.413. The number of carbonyl (C=O) groups is 1. The van der Waals surface area contributed by atoms with Gasteiger partial charge in [-0.3, -0.25) is 4.79 Å². The van der Waals surface area contributed by atoms with Crippen molar-refractivity contribution in [3.05, 3.63) is 0 Å². The molecule has 1 heterocycles. The van der Waals surface area contributed by atoms with Crippen molar-refractivity contribution in [2.24, 2.45) is 5.92 Å². The minimum Gasteiger partial charge on any atom is -0.371 e. The Kier molecular flexibility index (Phi) is 4.04. The molecule has 0 spiro atoms. The van der Waals surface area contributed by atoms with Crippen LogP contribution in [-0.4, -0.2) is 25.6 Å². The smallest absolute Gasteiger partial charge is 0.324 e. The van der Waals surface area contributed by atoms with Gasteiger partial charge in [0.05, 0.1) is 0 Å². The van der Waals surface area contributed by atoms with Crippen molar-refractivity contribution < 1.29 is 9.63 Å². The highest BCUT2D eigenvalue weighted by Crippen LogP contribution is 2.04. The van der Waals surface area contributed by atoms with E-state index in [2.05, 4.69) is 10.8 Å². The number of nitrogens with one attached hydrogen (secondary N) is 2. The first-order chi connectivity index (χ1) is 5.83. The molecule has 1 rings (SSSR count). The Morgan fingerprint density at radius 2 is 2.58 bits per heavy atom. The number of rotatable bonds is 4. The fourth-order valence-electron chi connectivity index (χ4n) is 1.20. The molecule has 1 fully saturated rings. The Balaban J connectivity index is 1.97. The number of carbonyl (C=O) groups excluding carboxylic acids is 1. The molecule has 70 valence electrons. The molecule has 1 saturated heterocycles. The lowest BCUT2D eigenvalue weighted by molar-refractivity contribution is -0.151. The standard InChI is InChI=1S/C8H16N2O2/c1-2-8(11)12-10-6-7-3-4-9-5-7/h7,9-10H,2-6H2,1H3. The van der Waals surface area contributed by atoms with Crippen molar-refractivity contribution in [3.8, 4) is 0 Å². The minimum atomic E-state index is -0.194. The Morgan fingerprint density at radius 1 is 1.75 bits per heavy atom. The van der Waals surface area contributed by atoms with Crippen LogP contribution in [0.1, 0.15) is 19.8 Å². The van der Waals surface area contributed by atoms with Crippen LogP contribution in [0.15, 0.2) is 0 Å². The van der Waals surface area contributed by atoms with Crippen molar-refractivity contribution >= 4 is 5.97 Å². The van der Waals surface area contributed by atoms with Crippen LogP contribution >= 0.6 is 0 Å². The van der Waals surface area contributed by atoms with Gasteiger partial charge in [-0.15, -0.1) is 0 Å². The van der Waals surface area contributed by atoms with Gasteiger partial charge in [0.15, 0.2) is 0 Å². The van der Waals surface area contributed by atoms with Crippen LogP contribution in [0.2, 0.25) is 0 Å². The molecule has 0 aromatic carbocycles. The zero-order chi connectivity index (χ0) is 8.81. The fraction of sp³-hybridized carbons (Fsp3) is 0.875. The average Bonchev–Trinajstić information content (AvgIpc) is 2.57. The SMILES string of the molecule is CCC(=O)ONCC1CCNC1. The molecule has 0 aromatic heterocycles. The van der Waals surface area contributed by atoms with E-state index < -0.39 is 0 Å². The number of hydrogen-bond acceptors (Lipinski definition) is 4. The van der Waals surface area contributed by atoms with E-state index in [0.717, 1.165) is 26.1 Å². The quantitative estimate of drug-likeness (QED) is 0.588. The third kappa shape index (κ3) is 3.19. The van der Waals surface area contributed by atoms with E-state index in [0.29, 0.717) is 12.3 Å². The van der Waals surface area contributed by atoms with E-state index in [1.165, 1.54) is 0 Å². The molecule has 4 nitrogen and oxygen atoms in total. The summed E-state index contributed by atoms with van der Waals surface area (Å²) in [6.45, 7) is 4.64. The van der Waals surface area contributed by atoms with Crippen molar-refractivity contribution in [1.29, 1.82) is 0 Å². The molecule has 1 aliphatic rings. The van der Waals surface area contributed by atoms with E-state index in [4.69, 9.17) is 4.84 Å².